The number of nitrogens with two attached hydrogens (primary N) is 2. The van der Waals surface area contributed by atoms with E-state index in [0.717, 1.165) is 19.5 Å². The molecule has 122 valence electrons. The minimum absolute atomic E-state index is 0.357. The third-order valence-electron chi connectivity index (χ3n) is 3.78. The van der Waals surface area contributed by atoms with E-state index in [4.69, 9.17) is 11.6 Å². The van der Waals surface area contributed by atoms with E-state index >= 15 is 0 Å². The number of nitrogens with zero attached hydrogens (tertiary/aromatic N) is 3. The minimum atomic E-state index is -2.69. The molecule has 0 saturated carbocycles. The zero-order valence-electron chi connectivity index (χ0n) is 12.7. The quantitative estimate of drug-likeness (QED) is 0.260. The molecular formula is C13H22F2N7+. The molecule has 0 radical (unpaired) electrons. The highest BCUT2D eigenvalue weighted by atomic mass is 19.3. The maximum atomic E-state index is 12.7. The van der Waals surface area contributed by atoms with Gasteiger partial charge in [-0.1, -0.05) is 0 Å². The lowest BCUT2D eigenvalue weighted by molar-refractivity contribution is -0.507. The van der Waals surface area contributed by atoms with Crippen LogP contribution < -0.4 is 22.3 Å². The number of hydrogen-bond donors (Lipinski definition) is 4. The van der Waals surface area contributed by atoms with Crippen molar-refractivity contribution in [2.45, 2.75) is 25.9 Å². The number of halogens is 2. The lowest BCUT2D eigenvalue weighted by Crippen LogP contribution is -2.31. The van der Waals surface area contributed by atoms with Crippen molar-refractivity contribution in [3.05, 3.63) is 23.5 Å². The molecule has 1 aromatic heterocycles. The Hall–Kier alpha value is -2.00. The van der Waals surface area contributed by atoms with Gasteiger partial charge in [-0.25, -0.2) is 4.68 Å². The number of likely N-dealkylation sites (N-methyl/N-ethyl adjacent to an activating group) is 1. The third kappa shape index (κ3) is 3.42. The van der Waals surface area contributed by atoms with Gasteiger partial charge in [-0.05, 0) is 19.5 Å². The standard InChI is InChI=1S/C13H21F2N7/c1-8-6-22(13(14)15)20-12(8)10(19-17)5-11(16)21-4-3-9(7-21)18-2/h5-6,9,13,18H,3-4,7H2,1-2H3,(H4,16,17,19,20)/p+1. The summed E-state index contributed by atoms with van der Waals surface area (Å²) in [6.45, 7) is 0.620. The van der Waals surface area contributed by atoms with Crippen LogP contribution in [0.3, 0.4) is 0 Å². The van der Waals surface area contributed by atoms with Crippen LogP contribution >= 0.6 is 0 Å². The Bertz CT molecular complexity index is 591. The number of hydrazine groups is 1. The highest BCUT2D eigenvalue weighted by Gasteiger charge is 2.23. The molecule has 22 heavy (non-hydrogen) atoms. The van der Waals surface area contributed by atoms with Crippen LogP contribution in [0.15, 0.2) is 12.3 Å². The van der Waals surface area contributed by atoms with E-state index in [1.165, 1.54) is 6.20 Å². The lowest BCUT2D eigenvalue weighted by Gasteiger charge is -2.06. The summed E-state index contributed by atoms with van der Waals surface area (Å²) in [4.78, 5) is 0. The Labute approximate surface area is 127 Å². The Morgan fingerprint density at radius 3 is 2.82 bits per heavy atom. The fourth-order valence-electron chi connectivity index (χ4n) is 2.50. The lowest BCUT2D eigenvalue weighted by atomic mass is 10.2. The van der Waals surface area contributed by atoms with Crippen molar-refractivity contribution >= 4 is 11.5 Å². The fraction of sp³-hybridized carbons (Fsp3) is 0.538. The molecule has 9 heteroatoms. The fourth-order valence-corrected chi connectivity index (χ4v) is 2.50. The topological polar surface area (TPSA) is 96.9 Å². The molecule has 1 fully saturated rings. The highest BCUT2D eigenvalue weighted by molar-refractivity contribution is 5.94. The monoisotopic (exact) mass is 314 g/mol. The molecule has 6 N–H and O–H groups in total. The van der Waals surface area contributed by atoms with Crippen molar-refractivity contribution in [1.29, 1.82) is 0 Å². The number of rotatable bonds is 5. The van der Waals surface area contributed by atoms with Gasteiger partial charge in [0.25, 0.3) is 5.84 Å². The predicted octanol–water partition coefficient (Wildman–Crippen LogP) is -0.248. The average molecular weight is 314 g/mol. The van der Waals surface area contributed by atoms with Gasteiger partial charge < -0.3 is 10.7 Å². The van der Waals surface area contributed by atoms with Gasteiger partial charge in [-0.3, -0.25) is 16.2 Å². The summed E-state index contributed by atoms with van der Waals surface area (Å²) in [7, 11) is 1.91. The molecule has 0 aliphatic carbocycles. The number of hydrogen-bond acceptors (Lipinski definition) is 4. The Kier molecular flexibility index (Phi) is 5.09. The van der Waals surface area contributed by atoms with E-state index in [0.29, 0.717) is 33.5 Å². The van der Waals surface area contributed by atoms with Crippen LogP contribution in [-0.4, -0.2) is 46.4 Å². The van der Waals surface area contributed by atoms with Crippen molar-refractivity contribution in [2.75, 3.05) is 20.1 Å². The zero-order chi connectivity index (χ0) is 16.3. The molecular weight excluding hydrogens is 292 g/mol. The van der Waals surface area contributed by atoms with Crippen LogP contribution in [0.5, 0.6) is 0 Å². The van der Waals surface area contributed by atoms with Gasteiger partial charge in [0, 0.05) is 18.7 Å². The van der Waals surface area contributed by atoms with Gasteiger partial charge in [-0.2, -0.15) is 13.9 Å². The Balaban J connectivity index is 2.30. The largest absolute Gasteiger partial charge is 0.333 e. The molecule has 0 aromatic carbocycles. The molecule has 1 aliphatic rings. The van der Waals surface area contributed by atoms with Gasteiger partial charge in [0.2, 0.25) is 0 Å². The summed E-state index contributed by atoms with van der Waals surface area (Å²) < 4.78 is 28.0. The van der Waals surface area contributed by atoms with Crippen LogP contribution in [0, 0.1) is 6.92 Å². The number of alkyl halides is 2. The molecule has 2 rings (SSSR count). The minimum Gasteiger partial charge on any atom is -0.322 e. The van der Waals surface area contributed by atoms with Crippen LogP contribution in [0.4, 0.5) is 8.78 Å². The number of amidine groups is 1. The van der Waals surface area contributed by atoms with Gasteiger partial charge in [0.1, 0.15) is 12.2 Å². The molecule has 0 amide bonds. The molecule has 1 unspecified atom stereocenters. The SMILES string of the molecule is CNC1CC[N+](=C(N)C=C(NN)c2nn(C(F)F)cc2C)C1. The van der Waals surface area contributed by atoms with E-state index < -0.39 is 6.55 Å². The van der Waals surface area contributed by atoms with E-state index in [1.54, 1.807) is 13.0 Å². The summed E-state index contributed by atoms with van der Waals surface area (Å²) in [6, 6.07) is 0.390. The first-order valence-corrected chi connectivity index (χ1v) is 7.03. The number of aromatic nitrogens is 2. The highest BCUT2D eigenvalue weighted by Crippen LogP contribution is 2.18. The second-order valence-corrected chi connectivity index (χ2v) is 5.27. The average Bonchev–Trinajstić information content (AvgIpc) is 3.11. The van der Waals surface area contributed by atoms with E-state index in [2.05, 4.69) is 15.8 Å². The van der Waals surface area contributed by atoms with Gasteiger partial charge in [0.15, 0.2) is 0 Å². The first kappa shape index (κ1) is 16.4. The number of aryl methyl sites for hydroxylation is 1. The first-order chi connectivity index (χ1) is 10.5. The van der Waals surface area contributed by atoms with Crippen LogP contribution in [-0.2, 0) is 0 Å². The van der Waals surface area contributed by atoms with E-state index in [-0.39, 0.29) is 0 Å². The molecule has 1 aromatic rings. The summed E-state index contributed by atoms with van der Waals surface area (Å²) in [6.07, 6.45) is 3.90. The molecule has 1 aliphatic heterocycles. The smallest absolute Gasteiger partial charge is 0.322 e. The molecule has 2 heterocycles. The van der Waals surface area contributed by atoms with E-state index in [9.17, 15) is 8.78 Å². The van der Waals surface area contributed by atoms with Crippen LogP contribution in [0.2, 0.25) is 0 Å². The van der Waals surface area contributed by atoms with Gasteiger partial charge in [-0.15, -0.1) is 0 Å². The third-order valence-corrected chi connectivity index (χ3v) is 3.78. The summed E-state index contributed by atoms with van der Waals surface area (Å²) in [5.41, 5.74) is 9.93. The van der Waals surface area contributed by atoms with Crippen molar-refractivity contribution < 1.29 is 13.4 Å². The molecule has 1 saturated heterocycles. The van der Waals surface area contributed by atoms with Crippen molar-refractivity contribution in [1.82, 2.24) is 20.5 Å². The predicted molar refractivity (Wildman–Crippen MR) is 80.2 cm³/mol. The van der Waals surface area contributed by atoms with Crippen LogP contribution in [0.1, 0.15) is 24.2 Å². The van der Waals surface area contributed by atoms with Crippen molar-refractivity contribution in [3.8, 4) is 0 Å². The number of nitrogens with one attached hydrogen (secondary N) is 2. The Morgan fingerprint density at radius 2 is 2.32 bits per heavy atom. The molecule has 0 bridgehead atoms. The van der Waals surface area contributed by atoms with Gasteiger partial charge >= 0.3 is 6.55 Å². The summed E-state index contributed by atoms with van der Waals surface area (Å²) >= 11 is 0. The summed E-state index contributed by atoms with van der Waals surface area (Å²) in [5, 5.41) is 7.05. The molecule has 1 atom stereocenters. The van der Waals surface area contributed by atoms with Crippen molar-refractivity contribution in [2.24, 2.45) is 11.6 Å². The van der Waals surface area contributed by atoms with Gasteiger partial charge in [0.05, 0.1) is 18.3 Å². The maximum absolute atomic E-state index is 12.7. The van der Waals surface area contributed by atoms with E-state index in [1.807, 2.05) is 11.6 Å². The maximum Gasteiger partial charge on any atom is 0.333 e. The molecule has 7 nitrogen and oxygen atoms in total. The zero-order valence-corrected chi connectivity index (χ0v) is 12.7. The van der Waals surface area contributed by atoms with Crippen molar-refractivity contribution in [3.63, 3.8) is 0 Å². The normalized spacial score (nSPS) is 21.5. The Morgan fingerprint density at radius 1 is 1.59 bits per heavy atom. The van der Waals surface area contributed by atoms with Crippen LogP contribution in [0.25, 0.3) is 5.70 Å². The second kappa shape index (κ2) is 6.84. The molecule has 0 spiro atoms. The first-order valence-electron chi connectivity index (χ1n) is 7.03. The second-order valence-electron chi connectivity index (χ2n) is 5.27. The summed E-state index contributed by atoms with van der Waals surface area (Å²) in [5.74, 6) is 6.03.